The van der Waals surface area contributed by atoms with E-state index in [-0.39, 0.29) is 5.91 Å². The van der Waals surface area contributed by atoms with Gasteiger partial charge in [-0.2, -0.15) is 10.1 Å². The van der Waals surface area contributed by atoms with Crippen LogP contribution in [0.25, 0.3) is 6.08 Å². The molecule has 122 valence electrons. The fraction of sp³-hybridized carbons (Fsp3) is 0.158. The van der Waals surface area contributed by atoms with E-state index in [0.29, 0.717) is 17.9 Å². The van der Waals surface area contributed by atoms with Crippen LogP contribution in [0.15, 0.2) is 59.2 Å². The van der Waals surface area contributed by atoms with Gasteiger partial charge in [-0.3, -0.25) is 4.79 Å². The Morgan fingerprint density at radius 1 is 1.17 bits per heavy atom. The molecule has 0 saturated carbocycles. The van der Waals surface area contributed by atoms with E-state index < -0.39 is 0 Å². The van der Waals surface area contributed by atoms with E-state index in [1.54, 1.807) is 0 Å². The smallest absolute Gasteiger partial charge is 0.280 e. The number of amides is 1. The maximum Gasteiger partial charge on any atom is 0.280 e. The van der Waals surface area contributed by atoms with Crippen LogP contribution < -0.4 is 9.75 Å². The van der Waals surface area contributed by atoms with Crippen molar-refractivity contribution in [3.8, 4) is 5.75 Å². The molecule has 5 heteroatoms. The lowest BCUT2D eigenvalue weighted by atomic mass is 10.1. The molecule has 2 aromatic carbocycles. The molecule has 4 nitrogen and oxygen atoms in total. The topological polar surface area (TPSA) is 41.9 Å². The Balaban J connectivity index is 1.95. The van der Waals surface area contributed by atoms with Crippen molar-refractivity contribution >= 4 is 46.0 Å². The number of nitrogens with zero attached hydrogens (tertiary/aromatic N) is 2. The van der Waals surface area contributed by atoms with Gasteiger partial charge in [0.05, 0.1) is 23.6 Å². The molecule has 0 aliphatic carbocycles. The summed E-state index contributed by atoms with van der Waals surface area (Å²) in [5.74, 6) is 0.640. The van der Waals surface area contributed by atoms with E-state index >= 15 is 0 Å². The molecule has 3 rings (SSSR count). The van der Waals surface area contributed by atoms with E-state index in [9.17, 15) is 4.79 Å². The SMILES string of the molecule is CCOc1ccccc1/C=C1/C(=O)N(c2ccc(I)cc2)N=C1C. The molecule has 0 aromatic heterocycles. The minimum Gasteiger partial charge on any atom is -0.493 e. The van der Waals surface area contributed by atoms with Gasteiger partial charge in [0, 0.05) is 9.13 Å². The highest BCUT2D eigenvalue weighted by atomic mass is 127. The van der Waals surface area contributed by atoms with Gasteiger partial charge in [0.1, 0.15) is 5.75 Å². The first-order chi connectivity index (χ1) is 11.6. The van der Waals surface area contributed by atoms with Gasteiger partial charge in [-0.05, 0) is 72.8 Å². The van der Waals surface area contributed by atoms with Crippen LogP contribution in [-0.2, 0) is 4.79 Å². The summed E-state index contributed by atoms with van der Waals surface area (Å²) in [5.41, 5.74) is 2.92. The first kappa shape index (κ1) is 16.7. The van der Waals surface area contributed by atoms with Gasteiger partial charge < -0.3 is 4.74 Å². The summed E-state index contributed by atoms with van der Waals surface area (Å²) in [4.78, 5) is 12.8. The largest absolute Gasteiger partial charge is 0.493 e. The molecule has 1 amide bonds. The van der Waals surface area contributed by atoms with Gasteiger partial charge in [0.25, 0.3) is 5.91 Å². The van der Waals surface area contributed by atoms with Gasteiger partial charge in [-0.25, -0.2) is 0 Å². The Hall–Kier alpha value is -2.15. The highest BCUT2D eigenvalue weighted by molar-refractivity contribution is 14.1. The van der Waals surface area contributed by atoms with Crippen LogP contribution in [0.4, 0.5) is 5.69 Å². The standard InChI is InChI=1S/C19H17IN2O2/c1-3-24-18-7-5-4-6-14(18)12-17-13(2)21-22(19(17)23)16-10-8-15(20)9-11-16/h4-12H,3H2,1-2H3/b17-12+. The number of anilines is 1. The van der Waals surface area contributed by atoms with E-state index in [1.807, 2.05) is 68.5 Å². The molecule has 1 aliphatic rings. The summed E-state index contributed by atoms with van der Waals surface area (Å²) in [5, 5.41) is 5.86. The van der Waals surface area contributed by atoms with E-state index in [0.717, 1.165) is 20.6 Å². The zero-order chi connectivity index (χ0) is 17.1. The number of carbonyl (C=O) groups excluding carboxylic acids is 1. The number of hydrogen-bond donors (Lipinski definition) is 0. The normalized spacial score (nSPS) is 15.8. The number of para-hydroxylation sites is 1. The summed E-state index contributed by atoms with van der Waals surface area (Å²) in [6, 6.07) is 15.4. The van der Waals surface area contributed by atoms with Gasteiger partial charge in [-0.1, -0.05) is 18.2 Å². The second-order valence-corrected chi connectivity index (χ2v) is 6.55. The van der Waals surface area contributed by atoms with E-state index in [1.165, 1.54) is 5.01 Å². The molecule has 24 heavy (non-hydrogen) atoms. The number of carbonyl (C=O) groups is 1. The Labute approximate surface area is 155 Å². The molecule has 0 fully saturated rings. The van der Waals surface area contributed by atoms with Crippen molar-refractivity contribution in [2.75, 3.05) is 11.6 Å². The van der Waals surface area contributed by atoms with E-state index in [4.69, 9.17) is 4.74 Å². The van der Waals surface area contributed by atoms with Crippen LogP contribution in [-0.4, -0.2) is 18.2 Å². The molecule has 0 spiro atoms. The minimum absolute atomic E-state index is 0.125. The molecule has 0 saturated heterocycles. The fourth-order valence-electron chi connectivity index (χ4n) is 2.48. The summed E-state index contributed by atoms with van der Waals surface area (Å²) >= 11 is 2.23. The van der Waals surface area contributed by atoms with Crippen LogP contribution in [0.3, 0.4) is 0 Å². The second-order valence-electron chi connectivity index (χ2n) is 5.31. The molecule has 0 unspecified atom stereocenters. The molecule has 0 N–H and O–H groups in total. The fourth-order valence-corrected chi connectivity index (χ4v) is 2.84. The molecule has 1 heterocycles. The Morgan fingerprint density at radius 2 is 1.88 bits per heavy atom. The number of hydrazone groups is 1. The monoisotopic (exact) mass is 432 g/mol. The van der Waals surface area contributed by atoms with Gasteiger partial charge >= 0.3 is 0 Å². The van der Waals surface area contributed by atoms with Gasteiger partial charge in [0.15, 0.2) is 0 Å². The first-order valence-corrected chi connectivity index (χ1v) is 8.77. The Bertz CT molecular complexity index is 826. The third kappa shape index (κ3) is 3.36. The number of rotatable bonds is 4. The summed E-state index contributed by atoms with van der Waals surface area (Å²) in [6.07, 6.45) is 1.85. The van der Waals surface area contributed by atoms with Crippen molar-refractivity contribution in [1.82, 2.24) is 0 Å². The predicted octanol–water partition coefficient (Wildman–Crippen LogP) is 4.50. The van der Waals surface area contributed by atoms with Crippen LogP contribution in [0.2, 0.25) is 0 Å². The lowest BCUT2D eigenvalue weighted by Crippen LogP contribution is -2.21. The van der Waals surface area contributed by atoms with Gasteiger partial charge in [0.2, 0.25) is 0 Å². The molecule has 0 bridgehead atoms. The van der Waals surface area contributed by atoms with Crippen molar-refractivity contribution in [3.63, 3.8) is 0 Å². The second kappa shape index (κ2) is 7.17. The zero-order valence-corrected chi connectivity index (χ0v) is 15.6. The van der Waals surface area contributed by atoms with Crippen LogP contribution >= 0.6 is 22.6 Å². The molecular formula is C19H17IN2O2. The average molecular weight is 432 g/mol. The highest BCUT2D eigenvalue weighted by Crippen LogP contribution is 2.28. The van der Waals surface area contributed by atoms with Crippen LogP contribution in [0, 0.1) is 3.57 Å². The Kier molecular flexibility index (Phi) is 4.99. The quantitative estimate of drug-likeness (QED) is 0.528. The minimum atomic E-state index is -0.125. The summed E-state index contributed by atoms with van der Waals surface area (Å²) in [7, 11) is 0. The van der Waals surface area contributed by atoms with Crippen LogP contribution in [0.5, 0.6) is 5.75 Å². The van der Waals surface area contributed by atoms with Crippen molar-refractivity contribution in [1.29, 1.82) is 0 Å². The summed E-state index contributed by atoms with van der Waals surface area (Å²) < 4.78 is 6.75. The van der Waals surface area contributed by atoms with E-state index in [2.05, 4.69) is 27.7 Å². The average Bonchev–Trinajstić information content (AvgIpc) is 2.86. The number of halogens is 1. The van der Waals surface area contributed by atoms with Crippen molar-refractivity contribution in [2.45, 2.75) is 13.8 Å². The summed E-state index contributed by atoms with van der Waals surface area (Å²) in [6.45, 7) is 4.37. The number of ether oxygens (including phenoxy) is 1. The zero-order valence-electron chi connectivity index (χ0n) is 13.5. The number of benzene rings is 2. The van der Waals surface area contributed by atoms with Crippen LogP contribution in [0.1, 0.15) is 19.4 Å². The lowest BCUT2D eigenvalue weighted by molar-refractivity contribution is -0.114. The molecule has 1 aliphatic heterocycles. The molecule has 0 radical (unpaired) electrons. The maximum atomic E-state index is 12.8. The predicted molar refractivity (Wildman–Crippen MR) is 105 cm³/mol. The lowest BCUT2D eigenvalue weighted by Gasteiger charge is -2.12. The number of hydrogen-bond acceptors (Lipinski definition) is 3. The molecule has 0 atom stereocenters. The Morgan fingerprint density at radius 3 is 2.58 bits per heavy atom. The first-order valence-electron chi connectivity index (χ1n) is 7.69. The van der Waals surface area contributed by atoms with Crippen molar-refractivity contribution in [3.05, 3.63) is 63.2 Å². The molecular weight excluding hydrogens is 415 g/mol. The molecule has 2 aromatic rings. The van der Waals surface area contributed by atoms with Gasteiger partial charge in [-0.15, -0.1) is 0 Å². The third-order valence-electron chi connectivity index (χ3n) is 3.65. The third-order valence-corrected chi connectivity index (χ3v) is 4.37. The maximum absolute atomic E-state index is 12.8. The van der Waals surface area contributed by atoms with Crippen molar-refractivity contribution < 1.29 is 9.53 Å². The van der Waals surface area contributed by atoms with Crippen molar-refractivity contribution in [2.24, 2.45) is 5.10 Å². The highest BCUT2D eigenvalue weighted by Gasteiger charge is 2.28.